The van der Waals surface area contributed by atoms with Gasteiger partial charge in [0.2, 0.25) is 8.32 Å². The van der Waals surface area contributed by atoms with E-state index in [2.05, 4.69) is 51.3 Å². The van der Waals surface area contributed by atoms with Gasteiger partial charge in [-0.3, -0.25) is 0 Å². The first-order valence-electron chi connectivity index (χ1n) is 9.95. The molecule has 2 N–H and O–H groups in total. The fraction of sp³-hybridized carbons (Fsp3) is 0.682. The molecule has 0 saturated carbocycles. The molecule has 5 nitrogen and oxygen atoms in total. The normalized spacial score (nSPS) is 13.8. The summed E-state index contributed by atoms with van der Waals surface area (Å²) in [5, 5.41) is 12.6. The minimum absolute atomic E-state index is 0.132. The van der Waals surface area contributed by atoms with Crippen molar-refractivity contribution in [2.45, 2.75) is 91.6 Å². The molecule has 0 fully saturated rings. The van der Waals surface area contributed by atoms with Crippen LogP contribution in [0.15, 0.2) is 12.1 Å². The maximum absolute atomic E-state index is 12.0. The number of alkyl carbamates (subject to hydrolysis) is 1. The number of aryl methyl sites for hydroxylation is 2. The van der Waals surface area contributed by atoms with Crippen LogP contribution in [0.5, 0.6) is 5.75 Å². The molecule has 0 bridgehead atoms. The summed E-state index contributed by atoms with van der Waals surface area (Å²) in [4.78, 5) is 12.0. The Balaban J connectivity index is 2.96. The molecule has 0 aliphatic heterocycles. The lowest BCUT2D eigenvalue weighted by Gasteiger charge is -2.36. The summed E-state index contributed by atoms with van der Waals surface area (Å²) in [6.07, 6.45) is 0.0214. The van der Waals surface area contributed by atoms with Crippen LogP contribution in [0.1, 0.15) is 58.2 Å². The zero-order valence-electron chi connectivity index (χ0n) is 19.3. The van der Waals surface area contributed by atoms with Gasteiger partial charge < -0.3 is 19.6 Å². The van der Waals surface area contributed by atoms with Crippen LogP contribution in [0.4, 0.5) is 4.79 Å². The highest BCUT2D eigenvalue weighted by Crippen LogP contribution is 2.38. The summed E-state index contributed by atoms with van der Waals surface area (Å²) < 4.78 is 11.7. The number of hydrogen-bond donors (Lipinski definition) is 2. The van der Waals surface area contributed by atoms with Gasteiger partial charge in [0.25, 0.3) is 0 Å². The minimum Gasteiger partial charge on any atom is -0.543 e. The highest BCUT2D eigenvalue weighted by Gasteiger charge is 2.39. The van der Waals surface area contributed by atoms with Crippen LogP contribution in [-0.4, -0.2) is 37.8 Å². The van der Waals surface area contributed by atoms with Crippen LogP contribution in [0, 0.1) is 13.8 Å². The smallest absolute Gasteiger partial charge is 0.407 e. The van der Waals surface area contributed by atoms with E-state index in [0.717, 1.165) is 22.4 Å². The van der Waals surface area contributed by atoms with Gasteiger partial charge >= 0.3 is 6.09 Å². The molecule has 0 heterocycles. The van der Waals surface area contributed by atoms with E-state index >= 15 is 0 Å². The SMILES string of the molecule is Cc1cc(O[Si](C)(C)C(C)(C)C)cc(C)c1C[C@@H](CO)NC(=O)OC(C)(C)C. The molecular formula is C22H39NO4Si. The second-order valence-electron chi connectivity index (χ2n) is 10.1. The quantitative estimate of drug-likeness (QED) is 0.640. The van der Waals surface area contributed by atoms with E-state index in [4.69, 9.17) is 9.16 Å². The predicted molar refractivity (Wildman–Crippen MR) is 118 cm³/mol. The Morgan fingerprint density at radius 3 is 2.00 bits per heavy atom. The number of rotatable bonds is 6. The average Bonchev–Trinajstić information content (AvgIpc) is 2.46. The minimum atomic E-state index is -1.91. The van der Waals surface area contributed by atoms with Gasteiger partial charge in [-0.05, 0) is 88.0 Å². The van der Waals surface area contributed by atoms with Crippen molar-refractivity contribution >= 4 is 14.4 Å². The summed E-state index contributed by atoms with van der Waals surface area (Å²) in [5.74, 6) is 0.894. The molecule has 1 aromatic carbocycles. The van der Waals surface area contributed by atoms with Crippen LogP contribution in [0.3, 0.4) is 0 Å². The zero-order valence-corrected chi connectivity index (χ0v) is 20.3. The molecule has 0 aliphatic rings. The lowest BCUT2D eigenvalue weighted by atomic mass is 9.96. The van der Waals surface area contributed by atoms with Crippen LogP contribution in [0.2, 0.25) is 18.1 Å². The van der Waals surface area contributed by atoms with E-state index in [9.17, 15) is 9.90 Å². The molecule has 0 unspecified atom stereocenters. The van der Waals surface area contributed by atoms with Gasteiger partial charge in [0, 0.05) is 0 Å². The first-order valence-corrected chi connectivity index (χ1v) is 12.9. The van der Waals surface area contributed by atoms with Gasteiger partial charge in [-0.2, -0.15) is 0 Å². The fourth-order valence-electron chi connectivity index (χ4n) is 2.66. The molecule has 1 atom stereocenters. The molecule has 0 spiro atoms. The van der Waals surface area contributed by atoms with Gasteiger partial charge in [0.15, 0.2) is 0 Å². The van der Waals surface area contributed by atoms with Gasteiger partial charge in [0.1, 0.15) is 11.4 Å². The monoisotopic (exact) mass is 409 g/mol. The molecule has 0 radical (unpaired) electrons. The van der Waals surface area contributed by atoms with Crippen LogP contribution in [-0.2, 0) is 11.2 Å². The number of carbonyl (C=O) groups is 1. The predicted octanol–water partition coefficient (Wildman–Crippen LogP) is 5.12. The third-order valence-corrected chi connectivity index (χ3v) is 9.60. The first kappa shape index (κ1) is 24.5. The number of nitrogens with one attached hydrogen (secondary N) is 1. The number of aliphatic hydroxyl groups is 1. The molecule has 1 aromatic rings. The number of aliphatic hydroxyl groups excluding tert-OH is 1. The number of amides is 1. The summed E-state index contributed by atoms with van der Waals surface area (Å²) >= 11 is 0. The van der Waals surface area contributed by atoms with E-state index in [1.165, 1.54) is 0 Å². The Morgan fingerprint density at radius 2 is 1.61 bits per heavy atom. The summed E-state index contributed by atoms with van der Waals surface area (Å²) in [7, 11) is -1.91. The largest absolute Gasteiger partial charge is 0.543 e. The van der Waals surface area contributed by atoms with E-state index in [0.29, 0.717) is 6.42 Å². The lowest BCUT2D eigenvalue weighted by molar-refractivity contribution is 0.0482. The summed E-state index contributed by atoms with van der Waals surface area (Å²) in [5.41, 5.74) is 2.73. The maximum atomic E-state index is 12.0. The third-order valence-electron chi connectivity index (χ3n) is 5.24. The van der Waals surface area contributed by atoms with Crippen molar-refractivity contribution in [1.82, 2.24) is 5.32 Å². The Hall–Kier alpha value is -1.53. The lowest BCUT2D eigenvalue weighted by Crippen LogP contribution is -2.44. The van der Waals surface area contributed by atoms with Gasteiger partial charge in [-0.15, -0.1) is 0 Å². The van der Waals surface area contributed by atoms with Crippen molar-refractivity contribution in [3.05, 3.63) is 28.8 Å². The Labute approximate surface area is 172 Å². The van der Waals surface area contributed by atoms with Crippen LogP contribution in [0.25, 0.3) is 0 Å². The van der Waals surface area contributed by atoms with Crippen molar-refractivity contribution < 1.29 is 19.1 Å². The number of hydrogen-bond acceptors (Lipinski definition) is 4. The first-order chi connectivity index (χ1) is 12.6. The maximum Gasteiger partial charge on any atom is 0.407 e. The number of benzene rings is 1. The van der Waals surface area contributed by atoms with Crippen molar-refractivity contribution in [1.29, 1.82) is 0 Å². The van der Waals surface area contributed by atoms with Gasteiger partial charge in [-0.1, -0.05) is 20.8 Å². The van der Waals surface area contributed by atoms with Crippen molar-refractivity contribution in [3.63, 3.8) is 0 Å². The standard InChI is InChI=1S/C22H39NO4Si/c1-15-11-18(27-28(9,10)22(6,7)8)12-16(2)19(15)13-17(14-24)23-20(25)26-21(3,4)5/h11-12,17,24H,13-14H2,1-10H3,(H,23,25)/t17-/m0/s1. The van der Waals surface area contributed by atoms with Crippen LogP contribution >= 0.6 is 0 Å². The number of ether oxygens (including phenoxy) is 1. The van der Waals surface area contributed by atoms with E-state index < -0.39 is 26.1 Å². The highest BCUT2D eigenvalue weighted by atomic mass is 28.4. The van der Waals surface area contributed by atoms with E-state index in [1.54, 1.807) is 0 Å². The Morgan fingerprint density at radius 1 is 1.11 bits per heavy atom. The molecule has 0 saturated heterocycles. The number of carbonyl (C=O) groups excluding carboxylic acids is 1. The van der Waals surface area contributed by atoms with Gasteiger partial charge in [-0.25, -0.2) is 4.79 Å². The molecule has 0 aliphatic carbocycles. The van der Waals surface area contributed by atoms with Gasteiger partial charge in [0.05, 0.1) is 12.6 Å². The molecule has 28 heavy (non-hydrogen) atoms. The molecule has 1 amide bonds. The molecule has 1 rings (SSSR count). The van der Waals surface area contributed by atoms with Crippen molar-refractivity contribution in [3.8, 4) is 5.75 Å². The summed E-state index contributed by atoms with van der Waals surface area (Å²) in [6.45, 7) is 20.5. The van der Waals surface area contributed by atoms with Crippen LogP contribution < -0.4 is 9.74 Å². The second-order valence-corrected chi connectivity index (χ2v) is 14.9. The topological polar surface area (TPSA) is 67.8 Å². The Kier molecular flexibility index (Phi) is 7.76. The molecular weight excluding hydrogens is 370 g/mol. The van der Waals surface area contributed by atoms with Crippen molar-refractivity contribution in [2.75, 3.05) is 6.61 Å². The van der Waals surface area contributed by atoms with Crippen molar-refractivity contribution in [2.24, 2.45) is 0 Å². The third kappa shape index (κ3) is 7.13. The molecule has 6 heteroatoms. The Bertz CT molecular complexity index is 664. The fourth-order valence-corrected chi connectivity index (χ4v) is 3.68. The van der Waals surface area contributed by atoms with E-state index in [1.807, 2.05) is 34.6 Å². The zero-order chi connectivity index (χ0) is 21.9. The second kappa shape index (κ2) is 8.87. The molecule has 160 valence electrons. The average molecular weight is 410 g/mol. The highest BCUT2D eigenvalue weighted by molar-refractivity contribution is 6.74. The molecule has 0 aromatic heterocycles. The summed E-state index contributed by atoms with van der Waals surface area (Å²) in [6, 6.07) is 3.72. The van der Waals surface area contributed by atoms with E-state index in [-0.39, 0.29) is 11.6 Å².